The third kappa shape index (κ3) is 6.89. The Morgan fingerprint density at radius 1 is 0.889 bits per heavy atom. The van der Waals surface area contributed by atoms with Gasteiger partial charge in [-0.25, -0.2) is 9.78 Å². The van der Waals surface area contributed by atoms with Gasteiger partial charge in [0.15, 0.2) is 6.29 Å². The van der Waals surface area contributed by atoms with Gasteiger partial charge in [-0.15, -0.1) is 11.8 Å². The van der Waals surface area contributed by atoms with Gasteiger partial charge >= 0.3 is 5.97 Å². The van der Waals surface area contributed by atoms with E-state index in [0.717, 1.165) is 11.1 Å². The monoisotopic (exact) mass is 621 g/mol. The molecule has 9 nitrogen and oxygen atoms in total. The number of hydrogen-bond donors (Lipinski definition) is 3. The minimum atomic E-state index is -0.979. The highest BCUT2D eigenvalue weighted by Gasteiger charge is 2.38. The average molecular weight is 622 g/mol. The van der Waals surface area contributed by atoms with Gasteiger partial charge in [0.2, 0.25) is 0 Å². The number of aliphatic hydroxyl groups is 1. The number of fused-ring (bicyclic) bond motifs is 1. The molecule has 0 radical (unpaired) electrons. The van der Waals surface area contributed by atoms with E-state index < -0.39 is 18.2 Å². The zero-order valence-electron chi connectivity index (χ0n) is 24.4. The highest BCUT2D eigenvalue weighted by atomic mass is 32.2. The van der Waals surface area contributed by atoms with Crippen LogP contribution in [0.25, 0.3) is 11.0 Å². The molecule has 1 amide bonds. The summed E-state index contributed by atoms with van der Waals surface area (Å²) in [7, 11) is 0. The van der Waals surface area contributed by atoms with Crippen LogP contribution in [0.2, 0.25) is 0 Å². The SMILES string of the molecule is C[C@@H]1[C@H](CSc2ccccc2C(=O)O)O[C@H](c2cccc(NC(=O)c3cnc4ccccc4n3)c2)O[C@@H]1c1ccc(CO)cc1. The number of para-hydroxylation sites is 2. The van der Waals surface area contributed by atoms with Crippen molar-refractivity contribution >= 4 is 40.4 Å². The van der Waals surface area contributed by atoms with Gasteiger partial charge in [0, 0.05) is 27.8 Å². The van der Waals surface area contributed by atoms with Crippen molar-refractivity contribution < 1.29 is 29.3 Å². The highest BCUT2D eigenvalue weighted by molar-refractivity contribution is 7.99. The molecule has 1 aliphatic heterocycles. The van der Waals surface area contributed by atoms with Crippen LogP contribution in [0.15, 0.2) is 108 Å². The molecule has 6 rings (SSSR count). The van der Waals surface area contributed by atoms with Crippen molar-refractivity contribution in [1.29, 1.82) is 0 Å². The molecule has 0 aliphatic carbocycles. The first-order valence-electron chi connectivity index (χ1n) is 14.5. The molecule has 10 heteroatoms. The minimum Gasteiger partial charge on any atom is -0.478 e. The molecule has 1 fully saturated rings. The van der Waals surface area contributed by atoms with Gasteiger partial charge in [-0.3, -0.25) is 9.78 Å². The zero-order valence-corrected chi connectivity index (χ0v) is 25.2. The first kappa shape index (κ1) is 30.4. The number of nitrogens with one attached hydrogen (secondary N) is 1. The topological polar surface area (TPSA) is 131 Å². The molecule has 1 aromatic heterocycles. The Morgan fingerprint density at radius 3 is 2.42 bits per heavy atom. The summed E-state index contributed by atoms with van der Waals surface area (Å²) in [5, 5.41) is 22.1. The fourth-order valence-corrected chi connectivity index (χ4v) is 6.49. The highest BCUT2D eigenvalue weighted by Crippen LogP contribution is 2.43. The van der Waals surface area contributed by atoms with Crippen LogP contribution in [0.5, 0.6) is 0 Å². The smallest absolute Gasteiger partial charge is 0.336 e. The van der Waals surface area contributed by atoms with Crippen LogP contribution in [0.1, 0.15) is 56.9 Å². The molecule has 0 unspecified atom stereocenters. The number of benzene rings is 4. The van der Waals surface area contributed by atoms with E-state index in [-0.39, 0.29) is 36.0 Å². The minimum absolute atomic E-state index is 0.0569. The van der Waals surface area contributed by atoms with Crippen molar-refractivity contribution in [2.24, 2.45) is 5.92 Å². The fraction of sp³-hybridized carbons (Fsp3) is 0.200. The molecule has 0 saturated carbocycles. The molecule has 4 atom stereocenters. The Bertz CT molecular complexity index is 1830. The van der Waals surface area contributed by atoms with E-state index in [1.54, 1.807) is 30.3 Å². The maximum atomic E-state index is 13.1. The molecular weight excluding hydrogens is 590 g/mol. The number of ether oxygens (including phenoxy) is 2. The molecule has 0 spiro atoms. The number of nitrogens with zero attached hydrogens (tertiary/aromatic N) is 2. The van der Waals surface area contributed by atoms with E-state index in [1.165, 1.54) is 18.0 Å². The van der Waals surface area contributed by atoms with Crippen molar-refractivity contribution in [3.05, 3.63) is 131 Å². The van der Waals surface area contributed by atoms with E-state index >= 15 is 0 Å². The first-order valence-corrected chi connectivity index (χ1v) is 15.5. The number of aromatic nitrogens is 2. The molecule has 1 aliphatic rings. The molecule has 2 heterocycles. The molecule has 4 aromatic carbocycles. The number of rotatable bonds is 9. The van der Waals surface area contributed by atoms with Crippen molar-refractivity contribution in [3.63, 3.8) is 0 Å². The van der Waals surface area contributed by atoms with E-state index in [1.807, 2.05) is 66.7 Å². The average Bonchev–Trinajstić information content (AvgIpc) is 3.08. The summed E-state index contributed by atoms with van der Waals surface area (Å²) in [6.07, 6.45) is 0.0433. The van der Waals surface area contributed by atoms with Gasteiger partial charge < -0.3 is 25.0 Å². The Morgan fingerprint density at radius 2 is 1.64 bits per heavy atom. The summed E-state index contributed by atoms with van der Waals surface area (Å²) in [5.41, 5.74) is 4.77. The number of carbonyl (C=O) groups is 2. The van der Waals surface area contributed by atoms with Crippen LogP contribution in [-0.2, 0) is 16.1 Å². The van der Waals surface area contributed by atoms with Crippen LogP contribution in [0, 0.1) is 5.92 Å². The molecule has 228 valence electrons. The third-order valence-corrected chi connectivity index (χ3v) is 8.90. The number of aliphatic hydroxyl groups excluding tert-OH is 1. The molecule has 1 saturated heterocycles. The summed E-state index contributed by atoms with van der Waals surface area (Å²) < 4.78 is 13.1. The number of amides is 1. The predicted molar refractivity (Wildman–Crippen MR) is 171 cm³/mol. The number of hydrogen-bond acceptors (Lipinski definition) is 8. The van der Waals surface area contributed by atoms with Gasteiger partial charge in [-0.05, 0) is 47.5 Å². The standard InChI is InChI=1S/C35H31N3O6S/c1-21-30(20-45-31-12-5-2-9-26(31)34(41)42)43-35(44-32(21)23-15-13-22(19-39)14-16-23)24-7-6-8-25(17-24)37-33(40)29-18-36-27-10-3-4-11-28(27)38-29/h2-18,21,30,32,35,39H,19-20H2,1H3,(H,37,40)(H,41,42)/t21-,30+,32+,35+/m1/s1. The van der Waals surface area contributed by atoms with Crippen LogP contribution in [0.4, 0.5) is 5.69 Å². The molecular formula is C35H31N3O6S. The maximum absolute atomic E-state index is 13.1. The Labute approximate surface area is 264 Å². The van der Waals surface area contributed by atoms with Gasteiger partial charge in [0.25, 0.3) is 5.91 Å². The number of carbonyl (C=O) groups excluding carboxylic acids is 1. The van der Waals surface area contributed by atoms with E-state index in [9.17, 15) is 19.8 Å². The number of aromatic carboxylic acids is 1. The van der Waals surface area contributed by atoms with Crippen LogP contribution in [-0.4, -0.2) is 43.9 Å². The Balaban J connectivity index is 1.25. The Kier molecular flexibility index (Phi) is 9.18. The second kappa shape index (κ2) is 13.6. The third-order valence-electron chi connectivity index (χ3n) is 7.74. The van der Waals surface area contributed by atoms with Gasteiger partial charge in [-0.1, -0.05) is 67.6 Å². The second-order valence-corrected chi connectivity index (χ2v) is 11.8. The van der Waals surface area contributed by atoms with Crippen molar-refractivity contribution in [1.82, 2.24) is 9.97 Å². The van der Waals surface area contributed by atoms with Crippen molar-refractivity contribution in [2.45, 2.75) is 36.9 Å². The van der Waals surface area contributed by atoms with Crippen LogP contribution in [0.3, 0.4) is 0 Å². The van der Waals surface area contributed by atoms with Gasteiger partial charge in [0.1, 0.15) is 5.69 Å². The zero-order chi connectivity index (χ0) is 31.3. The molecule has 45 heavy (non-hydrogen) atoms. The first-order chi connectivity index (χ1) is 21.9. The lowest BCUT2D eigenvalue weighted by Crippen LogP contribution is -2.38. The van der Waals surface area contributed by atoms with Gasteiger partial charge in [0.05, 0.1) is 41.6 Å². The normalized spacial score (nSPS) is 19.7. The van der Waals surface area contributed by atoms with Crippen LogP contribution < -0.4 is 5.32 Å². The van der Waals surface area contributed by atoms with Crippen molar-refractivity contribution in [3.8, 4) is 0 Å². The number of anilines is 1. The number of thioether (sulfide) groups is 1. The summed E-state index contributed by atoms with van der Waals surface area (Å²) in [6, 6.07) is 29.2. The summed E-state index contributed by atoms with van der Waals surface area (Å²) in [6.45, 7) is 2.00. The molecule has 3 N–H and O–H groups in total. The second-order valence-electron chi connectivity index (χ2n) is 10.8. The lowest BCUT2D eigenvalue weighted by molar-refractivity contribution is -0.268. The summed E-state index contributed by atoms with van der Waals surface area (Å²) >= 11 is 1.43. The number of carboxylic acids is 1. The quantitative estimate of drug-likeness (QED) is 0.155. The summed E-state index contributed by atoms with van der Waals surface area (Å²) in [5.74, 6) is -0.960. The van der Waals surface area contributed by atoms with Crippen molar-refractivity contribution in [2.75, 3.05) is 11.1 Å². The largest absolute Gasteiger partial charge is 0.478 e. The van der Waals surface area contributed by atoms with E-state index in [2.05, 4.69) is 22.2 Å². The summed E-state index contributed by atoms with van der Waals surface area (Å²) in [4.78, 5) is 34.3. The lowest BCUT2D eigenvalue weighted by atomic mass is 9.91. The van der Waals surface area contributed by atoms with E-state index in [4.69, 9.17) is 9.47 Å². The maximum Gasteiger partial charge on any atom is 0.336 e. The fourth-order valence-electron chi connectivity index (χ4n) is 5.28. The Hall–Kier alpha value is -4.61. The van der Waals surface area contributed by atoms with E-state index in [0.29, 0.717) is 32.9 Å². The molecule has 5 aromatic rings. The van der Waals surface area contributed by atoms with Gasteiger partial charge in [-0.2, -0.15) is 0 Å². The van der Waals surface area contributed by atoms with Crippen LogP contribution >= 0.6 is 11.8 Å². The predicted octanol–water partition coefficient (Wildman–Crippen LogP) is 6.66. The molecule has 0 bridgehead atoms. The number of carboxylic acid groups (broad SMARTS) is 1. The lowest BCUT2D eigenvalue weighted by Gasteiger charge is -2.41.